The molecular formula is C13H24N2O2. The molecule has 1 aliphatic rings. The zero-order valence-corrected chi connectivity index (χ0v) is 11.3. The van der Waals surface area contributed by atoms with Crippen molar-refractivity contribution in [1.82, 2.24) is 10.2 Å². The van der Waals surface area contributed by atoms with E-state index in [0.29, 0.717) is 18.9 Å². The van der Waals surface area contributed by atoms with Gasteiger partial charge in [-0.15, -0.1) is 0 Å². The van der Waals surface area contributed by atoms with E-state index in [1.807, 2.05) is 18.7 Å². The lowest BCUT2D eigenvalue weighted by Crippen LogP contribution is -2.38. The predicted octanol–water partition coefficient (Wildman–Crippen LogP) is 1.41. The monoisotopic (exact) mass is 240 g/mol. The van der Waals surface area contributed by atoms with Crippen LogP contribution in [0.25, 0.3) is 0 Å². The molecule has 0 saturated carbocycles. The highest BCUT2D eigenvalue weighted by molar-refractivity contribution is 5.89. The molecular weight excluding hydrogens is 216 g/mol. The number of likely N-dealkylation sites (tertiary alicyclic amines) is 1. The fourth-order valence-electron chi connectivity index (χ4n) is 2.03. The molecule has 1 saturated heterocycles. The maximum atomic E-state index is 11.9. The van der Waals surface area contributed by atoms with Gasteiger partial charge in [-0.25, -0.2) is 0 Å². The second-order valence-electron chi connectivity index (χ2n) is 5.41. The van der Waals surface area contributed by atoms with Crippen LogP contribution in [-0.2, 0) is 9.59 Å². The third-order valence-corrected chi connectivity index (χ3v) is 3.17. The first-order chi connectivity index (χ1) is 7.93. The molecule has 1 heterocycles. The molecule has 2 amide bonds. The summed E-state index contributed by atoms with van der Waals surface area (Å²) >= 11 is 0. The molecule has 0 aliphatic carbocycles. The molecule has 0 unspecified atom stereocenters. The second-order valence-corrected chi connectivity index (χ2v) is 5.41. The average molecular weight is 240 g/mol. The zero-order chi connectivity index (χ0) is 13.0. The van der Waals surface area contributed by atoms with Gasteiger partial charge in [0.1, 0.15) is 0 Å². The minimum atomic E-state index is -0.157. The van der Waals surface area contributed by atoms with Gasteiger partial charge in [0, 0.05) is 25.6 Å². The summed E-state index contributed by atoms with van der Waals surface area (Å²) in [4.78, 5) is 25.4. The number of hydrogen-bond donors (Lipinski definition) is 1. The van der Waals surface area contributed by atoms with Crippen molar-refractivity contribution in [3.05, 3.63) is 0 Å². The summed E-state index contributed by atoms with van der Waals surface area (Å²) in [7, 11) is 0. The van der Waals surface area contributed by atoms with E-state index in [0.717, 1.165) is 13.0 Å². The molecule has 1 rings (SSSR count). The molecule has 98 valence electrons. The molecule has 17 heavy (non-hydrogen) atoms. The minimum Gasteiger partial charge on any atom is -0.353 e. The van der Waals surface area contributed by atoms with Crippen molar-refractivity contribution < 1.29 is 9.59 Å². The van der Waals surface area contributed by atoms with Gasteiger partial charge in [-0.05, 0) is 19.3 Å². The fraction of sp³-hybridized carbons (Fsp3) is 0.846. The van der Waals surface area contributed by atoms with Crippen molar-refractivity contribution in [2.45, 2.75) is 46.6 Å². The maximum Gasteiger partial charge on any atom is 0.225 e. The summed E-state index contributed by atoms with van der Waals surface area (Å²) in [6.45, 7) is 9.53. The summed E-state index contributed by atoms with van der Waals surface area (Å²) in [5, 5.41) is 2.95. The number of carbonyl (C=O) groups excluding carboxylic acids is 2. The smallest absolute Gasteiger partial charge is 0.225 e. The van der Waals surface area contributed by atoms with Crippen LogP contribution in [0.3, 0.4) is 0 Å². The highest BCUT2D eigenvalue weighted by Crippen LogP contribution is 2.19. The van der Waals surface area contributed by atoms with Gasteiger partial charge >= 0.3 is 0 Å². The quantitative estimate of drug-likeness (QED) is 0.790. The van der Waals surface area contributed by atoms with Crippen LogP contribution >= 0.6 is 0 Å². The van der Waals surface area contributed by atoms with Crippen LogP contribution in [0, 0.1) is 11.8 Å². The molecule has 0 radical (unpaired) electrons. The van der Waals surface area contributed by atoms with E-state index in [9.17, 15) is 9.59 Å². The van der Waals surface area contributed by atoms with E-state index in [1.54, 1.807) is 0 Å². The summed E-state index contributed by atoms with van der Waals surface area (Å²) in [5.74, 6) is 0.438. The zero-order valence-electron chi connectivity index (χ0n) is 11.3. The van der Waals surface area contributed by atoms with Gasteiger partial charge < -0.3 is 10.2 Å². The summed E-state index contributed by atoms with van der Waals surface area (Å²) < 4.78 is 0. The van der Waals surface area contributed by atoms with E-state index in [-0.39, 0.29) is 23.8 Å². The van der Waals surface area contributed by atoms with E-state index in [2.05, 4.69) is 19.2 Å². The van der Waals surface area contributed by atoms with Crippen molar-refractivity contribution in [3.63, 3.8) is 0 Å². The highest BCUT2D eigenvalue weighted by atomic mass is 16.2. The van der Waals surface area contributed by atoms with Crippen LogP contribution in [0.5, 0.6) is 0 Å². The van der Waals surface area contributed by atoms with Gasteiger partial charge in [0.25, 0.3) is 0 Å². The molecule has 0 bridgehead atoms. The average Bonchev–Trinajstić information content (AvgIpc) is 2.59. The van der Waals surface area contributed by atoms with E-state index in [4.69, 9.17) is 0 Å². The highest BCUT2D eigenvalue weighted by Gasteiger charge is 2.34. The van der Waals surface area contributed by atoms with Gasteiger partial charge in [-0.2, -0.15) is 0 Å². The first-order valence-corrected chi connectivity index (χ1v) is 6.52. The third kappa shape index (κ3) is 4.02. The van der Waals surface area contributed by atoms with Crippen LogP contribution in [0.4, 0.5) is 0 Å². The Morgan fingerprint density at radius 1 is 1.47 bits per heavy atom. The molecule has 1 aliphatic heterocycles. The Morgan fingerprint density at radius 3 is 2.65 bits per heavy atom. The van der Waals surface area contributed by atoms with Gasteiger partial charge in [-0.3, -0.25) is 9.59 Å². The summed E-state index contributed by atoms with van der Waals surface area (Å²) in [5.41, 5.74) is 0. The van der Waals surface area contributed by atoms with Crippen molar-refractivity contribution >= 4 is 11.8 Å². The van der Waals surface area contributed by atoms with E-state index in [1.165, 1.54) is 0 Å². The Bertz CT molecular complexity index is 289. The van der Waals surface area contributed by atoms with Crippen molar-refractivity contribution in [2.24, 2.45) is 11.8 Å². The molecule has 1 N–H and O–H groups in total. The lowest BCUT2D eigenvalue weighted by Gasteiger charge is -2.19. The van der Waals surface area contributed by atoms with E-state index < -0.39 is 0 Å². The Kier molecular flexibility index (Phi) is 4.97. The van der Waals surface area contributed by atoms with Crippen LogP contribution in [0.15, 0.2) is 0 Å². The normalized spacial score (nSPS) is 22.1. The molecule has 2 atom stereocenters. The fourth-order valence-corrected chi connectivity index (χ4v) is 2.03. The Hall–Kier alpha value is -1.06. The molecule has 4 heteroatoms. The van der Waals surface area contributed by atoms with Gasteiger partial charge in [0.05, 0.1) is 5.92 Å². The Labute approximate surface area is 104 Å². The summed E-state index contributed by atoms with van der Waals surface area (Å²) in [6, 6.07) is 0.191. The first-order valence-electron chi connectivity index (χ1n) is 6.52. The van der Waals surface area contributed by atoms with Crippen molar-refractivity contribution in [1.29, 1.82) is 0 Å². The number of hydrogen-bond acceptors (Lipinski definition) is 2. The van der Waals surface area contributed by atoms with Crippen LogP contribution < -0.4 is 5.32 Å². The number of nitrogens with one attached hydrogen (secondary N) is 1. The third-order valence-electron chi connectivity index (χ3n) is 3.17. The van der Waals surface area contributed by atoms with Crippen LogP contribution in [0.2, 0.25) is 0 Å². The standard InChI is InChI=1S/C13H24N2O2/c1-5-10(4)14-13(17)11-6-12(16)15(8-11)7-9(2)3/h9-11H,5-8H2,1-4H3,(H,14,17)/t10-,11+/m1/s1. The Balaban J connectivity index is 2.47. The number of carbonyl (C=O) groups is 2. The topological polar surface area (TPSA) is 49.4 Å². The van der Waals surface area contributed by atoms with Gasteiger partial charge in [0.15, 0.2) is 0 Å². The van der Waals surface area contributed by atoms with Crippen LogP contribution in [-0.4, -0.2) is 35.8 Å². The second kappa shape index (κ2) is 6.03. The lowest BCUT2D eigenvalue weighted by molar-refractivity contribution is -0.129. The number of nitrogens with zero attached hydrogens (tertiary/aromatic N) is 1. The number of amides is 2. The SMILES string of the molecule is CC[C@@H](C)NC(=O)[C@H]1CC(=O)N(CC(C)C)C1. The first kappa shape index (κ1) is 14.0. The largest absolute Gasteiger partial charge is 0.353 e. The summed E-state index contributed by atoms with van der Waals surface area (Å²) in [6.07, 6.45) is 1.29. The van der Waals surface area contributed by atoms with E-state index >= 15 is 0 Å². The van der Waals surface area contributed by atoms with Crippen molar-refractivity contribution in [2.75, 3.05) is 13.1 Å². The minimum absolute atomic E-state index is 0.0268. The molecule has 1 fully saturated rings. The van der Waals surface area contributed by atoms with Crippen LogP contribution in [0.1, 0.15) is 40.5 Å². The van der Waals surface area contributed by atoms with Gasteiger partial charge in [0.2, 0.25) is 11.8 Å². The molecule has 0 aromatic rings. The molecule has 0 aromatic carbocycles. The molecule has 0 aromatic heterocycles. The van der Waals surface area contributed by atoms with Gasteiger partial charge in [-0.1, -0.05) is 20.8 Å². The molecule has 0 spiro atoms. The predicted molar refractivity (Wildman–Crippen MR) is 67.4 cm³/mol. The lowest BCUT2D eigenvalue weighted by atomic mass is 10.1. The van der Waals surface area contributed by atoms with Crippen molar-refractivity contribution in [3.8, 4) is 0 Å². The Morgan fingerprint density at radius 2 is 2.12 bits per heavy atom. The molecule has 4 nitrogen and oxygen atoms in total. The maximum absolute atomic E-state index is 11.9. The number of rotatable bonds is 5.